The Kier molecular flexibility index (Phi) is 8.00. The second kappa shape index (κ2) is 11.3. The van der Waals surface area contributed by atoms with Crippen molar-refractivity contribution in [2.45, 2.75) is 31.9 Å². The van der Waals surface area contributed by atoms with Crippen molar-refractivity contribution in [3.8, 4) is 5.75 Å². The Balaban J connectivity index is 1.42. The van der Waals surface area contributed by atoms with Crippen LogP contribution in [0.5, 0.6) is 5.75 Å². The van der Waals surface area contributed by atoms with Gasteiger partial charge in [-0.3, -0.25) is 10.2 Å². The Morgan fingerprint density at radius 1 is 1.26 bits per heavy atom. The summed E-state index contributed by atoms with van der Waals surface area (Å²) in [6.07, 6.45) is 15.3. The number of rotatable bonds is 9. The normalized spacial score (nSPS) is 21.5. The van der Waals surface area contributed by atoms with E-state index in [1.54, 1.807) is 18.0 Å². The topological polar surface area (TPSA) is 91.2 Å². The van der Waals surface area contributed by atoms with Gasteiger partial charge in [-0.2, -0.15) is 11.8 Å². The molecule has 1 unspecified atom stereocenters. The molecule has 3 atom stereocenters. The first kappa shape index (κ1) is 24.0. The number of allylic oxidation sites excluding steroid dienone is 2. The van der Waals surface area contributed by atoms with Crippen LogP contribution in [0.3, 0.4) is 0 Å². The summed E-state index contributed by atoms with van der Waals surface area (Å²) in [5.41, 5.74) is 1.73. The van der Waals surface area contributed by atoms with Crippen molar-refractivity contribution in [3.05, 3.63) is 72.2 Å². The first-order valence-corrected chi connectivity index (χ1v) is 13.0. The van der Waals surface area contributed by atoms with Gasteiger partial charge in [0.25, 0.3) is 0 Å². The number of likely N-dealkylation sites (tertiary alicyclic amines) is 1. The minimum absolute atomic E-state index is 0.00609. The number of amides is 1. The highest BCUT2D eigenvalue weighted by Gasteiger charge is 2.28. The van der Waals surface area contributed by atoms with Gasteiger partial charge in [-0.05, 0) is 49.4 Å². The number of hydrogen-bond acceptors (Lipinski definition) is 7. The molecular weight excluding hydrogens is 446 g/mol. The number of nitrogens with one attached hydrogen (secondary N) is 2. The first-order chi connectivity index (χ1) is 16.6. The minimum Gasteiger partial charge on any atom is -0.486 e. The minimum atomic E-state index is 0.00609. The number of anilines is 1. The van der Waals surface area contributed by atoms with Gasteiger partial charge in [-0.25, -0.2) is 9.97 Å². The summed E-state index contributed by atoms with van der Waals surface area (Å²) in [7, 11) is 0. The van der Waals surface area contributed by atoms with Crippen LogP contribution in [0.15, 0.2) is 61.1 Å². The molecule has 7 nitrogen and oxygen atoms in total. The van der Waals surface area contributed by atoms with Crippen LogP contribution in [0.1, 0.15) is 30.9 Å². The van der Waals surface area contributed by atoms with Crippen LogP contribution in [-0.2, 0) is 4.79 Å². The number of carbonyl (C=O) groups is 1. The van der Waals surface area contributed by atoms with Crippen molar-refractivity contribution in [1.29, 1.82) is 5.41 Å². The van der Waals surface area contributed by atoms with Crippen LogP contribution in [0.25, 0.3) is 0 Å². The van der Waals surface area contributed by atoms with Gasteiger partial charge in [0, 0.05) is 36.8 Å². The summed E-state index contributed by atoms with van der Waals surface area (Å²) in [5, 5.41) is 12.1. The van der Waals surface area contributed by atoms with E-state index >= 15 is 0 Å². The fourth-order valence-electron chi connectivity index (χ4n) is 4.31. The summed E-state index contributed by atoms with van der Waals surface area (Å²) in [5.74, 6) is 2.38. The van der Waals surface area contributed by atoms with Crippen LogP contribution in [0, 0.1) is 11.3 Å². The molecular formula is C26H31N5O2S. The van der Waals surface area contributed by atoms with Gasteiger partial charge in [-0.1, -0.05) is 25.2 Å². The van der Waals surface area contributed by atoms with Crippen molar-refractivity contribution >= 4 is 29.2 Å². The summed E-state index contributed by atoms with van der Waals surface area (Å²) < 4.78 is 6.09. The van der Waals surface area contributed by atoms with Crippen LogP contribution in [0.2, 0.25) is 0 Å². The van der Waals surface area contributed by atoms with E-state index in [-0.39, 0.29) is 18.1 Å². The summed E-state index contributed by atoms with van der Waals surface area (Å²) in [6.45, 7) is 3.53. The second-order valence-corrected chi connectivity index (χ2v) is 9.46. The van der Waals surface area contributed by atoms with Crippen LogP contribution >= 0.6 is 11.8 Å². The average Bonchev–Trinajstić information content (AvgIpc) is 3.33. The van der Waals surface area contributed by atoms with Gasteiger partial charge in [0.1, 0.15) is 24.0 Å². The zero-order valence-corrected chi connectivity index (χ0v) is 20.4. The highest BCUT2D eigenvalue weighted by Crippen LogP contribution is 2.24. The SMILES string of the molecule is CSCC(=O)N1CCC[C@H]1CNc1ncncc1C(=N)c1ccc(OC2C=CC=C[C@H]2C)cc1. The quantitative estimate of drug-likeness (QED) is 0.527. The number of benzene rings is 1. The first-order valence-electron chi connectivity index (χ1n) is 11.6. The predicted molar refractivity (Wildman–Crippen MR) is 138 cm³/mol. The number of aromatic nitrogens is 2. The molecule has 0 bridgehead atoms. The Bertz CT molecular complexity index is 1070. The lowest BCUT2D eigenvalue weighted by atomic mass is 10.00. The molecule has 0 spiro atoms. The Labute approximate surface area is 205 Å². The van der Waals surface area contributed by atoms with Crippen molar-refractivity contribution in [2.24, 2.45) is 5.92 Å². The fourth-order valence-corrected chi connectivity index (χ4v) is 4.72. The monoisotopic (exact) mass is 477 g/mol. The smallest absolute Gasteiger partial charge is 0.232 e. The van der Waals surface area contributed by atoms with Gasteiger partial charge in [0.2, 0.25) is 5.91 Å². The maximum atomic E-state index is 12.4. The van der Waals surface area contributed by atoms with E-state index in [1.165, 1.54) is 6.33 Å². The third kappa shape index (κ3) is 5.67. The Hall–Kier alpha value is -3.13. The third-order valence-corrected chi connectivity index (χ3v) is 6.75. The lowest BCUT2D eigenvalue weighted by Crippen LogP contribution is -2.40. The number of carbonyl (C=O) groups excluding carboxylic acids is 1. The summed E-state index contributed by atoms with van der Waals surface area (Å²) in [4.78, 5) is 22.9. The molecule has 178 valence electrons. The lowest BCUT2D eigenvalue weighted by molar-refractivity contribution is -0.128. The van der Waals surface area contributed by atoms with E-state index in [0.717, 1.165) is 30.7 Å². The highest BCUT2D eigenvalue weighted by molar-refractivity contribution is 7.99. The number of hydrogen-bond donors (Lipinski definition) is 2. The molecule has 1 aromatic heterocycles. The number of thioether (sulfide) groups is 1. The molecule has 4 rings (SSSR count). The Morgan fingerprint density at radius 2 is 2.06 bits per heavy atom. The van der Waals surface area contributed by atoms with Gasteiger partial charge >= 0.3 is 0 Å². The third-order valence-electron chi connectivity index (χ3n) is 6.21. The molecule has 1 aliphatic carbocycles. The Morgan fingerprint density at radius 3 is 2.82 bits per heavy atom. The van der Waals surface area contributed by atoms with Crippen LogP contribution in [0.4, 0.5) is 5.82 Å². The van der Waals surface area contributed by atoms with Crippen molar-refractivity contribution < 1.29 is 9.53 Å². The van der Waals surface area contributed by atoms with E-state index in [0.29, 0.717) is 35.3 Å². The standard InChI is InChI=1S/C26H31N5O2S/c1-18-6-3-4-8-23(18)33-21-11-9-19(10-12-21)25(27)22-15-28-17-30-26(22)29-14-20-7-5-13-31(20)24(32)16-34-2/h3-4,6,8-12,15,17-18,20,23,27H,5,7,13-14,16H2,1-2H3,(H,28,29,30)/t18-,20+,23?/m1/s1. The van der Waals surface area contributed by atoms with E-state index in [1.807, 2.05) is 47.6 Å². The van der Waals surface area contributed by atoms with Gasteiger partial charge < -0.3 is 15.0 Å². The zero-order valence-electron chi connectivity index (χ0n) is 19.6. The highest BCUT2D eigenvalue weighted by atomic mass is 32.2. The van der Waals surface area contributed by atoms with Crippen LogP contribution in [-0.4, -0.2) is 63.7 Å². The van der Waals surface area contributed by atoms with Gasteiger partial charge in [-0.15, -0.1) is 0 Å². The van der Waals surface area contributed by atoms with E-state index in [9.17, 15) is 4.79 Å². The molecule has 34 heavy (non-hydrogen) atoms. The van der Waals surface area contributed by atoms with Gasteiger partial charge in [0.05, 0.1) is 17.0 Å². The average molecular weight is 478 g/mol. The molecule has 2 aliphatic rings. The fraction of sp³-hybridized carbons (Fsp3) is 0.385. The predicted octanol–water partition coefficient (Wildman–Crippen LogP) is 4.17. The molecule has 1 aliphatic heterocycles. The molecule has 8 heteroatoms. The molecule has 2 aromatic rings. The maximum Gasteiger partial charge on any atom is 0.232 e. The van der Waals surface area contributed by atoms with E-state index in [4.69, 9.17) is 10.1 Å². The molecule has 1 amide bonds. The molecule has 0 radical (unpaired) electrons. The molecule has 1 saturated heterocycles. The molecule has 2 N–H and O–H groups in total. The lowest BCUT2D eigenvalue weighted by Gasteiger charge is -2.25. The summed E-state index contributed by atoms with van der Waals surface area (Å²) >= 11 is 1.55. The van der Waals surface area contributed by atoms with Crippen molar-refractivity contribution in [3.63, 3.8) is 0 Å². The number of nitrogens with zero attached hydrogens (tertiary/aromatic N) is 3. The van der Waals surface area contributed by atoms with E-state index < -0.39 is 0 Å². The molecule has 0 saturated carbocycles. The zero-order chi connectivity index (χ0) is 23.9. The van der Waals surface area contributed by atoms with E-state index in [2.05, 4.69) is 34.4 Å². The van der Waals surface area contributed by atoms with Crippen molar-refractivity contribution in [1.82, 2.24) is 14.9 Å². The second-order valence-electron chi connectivity index (χ2n) is 8.59. The van der Waals surface area contributed by atoms with Crippen LogP contribution < -0.4 is 10.1 Å². The van der Waals surface area contributed by atoms with Gasteiger partial charge in [0.15, 0.2) is 0 Å². The molecule has 2 heterocycles. The maximum absolute atomic E-state index is 12.4. The largest absolute Gasteiger partial charge is 0.486 e. The number of ether oxygens (including phenoxy) is 1. The summed E-state index contributed by atoms with van der Waals surface area (Å²) in [6, 6.07) is 7.71. The molecule has 1 fully saturated rings. The molecule has 1 aromatic carbocycles. The van der Waals surface area contributed by atoms with Crippen molar-refractivity contribution in [2.75, 3.05) is 30.4 Å².